The van der Waals surface area contributed by atoms with Gasteiger partial charge in [0.2, 0.25) is 5.89 Å². The second-order valence-corrected chi connectivity index (χ2v) is 10.1. The van der Waals surface area contributed by atoms with Crippen molar-refractivity contribution < 1.29 is 9.15 Å². The zero-order chi connectivity index (χ0) is 22.2. The Labute approximate surface area is 184 Å². The van der Waals surface area contributed by atoms with Gasteiger partial charge in [-0.25, -0.2) is 0 Å². The van der Waals surface area contributed by atoms with E-state index >= 15 is 0 Å². The van der Waals surface area contributed by atoms with E-state index in [-0.39, 0.29) is 17.4 Å². The summed E-state index contributed by atoms with van der Waals surface area (Å²) >= 11 is 0. The van der Waals surface area contributed by atoms with E-state index in [1.807, 2.05) is 24.3 Å². The van der Waals surface area contributed by atoms with Crippen molar-refractivity contribution in [3.05, 3.63) is 77.7 Å². The zero-order valence-corrected chi connectivity index (χ0v) is 19.2. The van der Waals surface area contributed by atoms with Crippen molar-refractivity contribution in [3.63, 3.8) is 0 Å². The Hall–Kier alpha value is -3.14. The third kappa shape index (κ3) is 4.63. The van der Waals surface area contributed by atoms with Gasteiger partial charge in [0.05, 0.1) is 0 Å². The van der Waals surface area contributed by atoms with Crippen LogP contribution in [0.2, 0.25) is 0 Å². The van der Waals surface area contributed by atoms with E-state index in [0.29, 0.717) is 11.8 Å². The minimum Gasteiger partial charge on any atom is -0.483 e. The first-order valence-electron chi connectivity index (χ1n) is 10.7. The van der Waals surface area contributed by atoms with Gasteiger partial charge < -0.3 is 9.15 Å². The molecule has 4 nitrogen and oxygen atoms in total. The van der Waals surface area contributed by atoms with Gasteiger partial charge in [0.1, 0.15) is 5.75 Å². The van der Waals surface area contributed by atoms with E-state index in [0.717, 1.165) is 22.1 Å². The number of nitrogens with zero attached hydrogens (tertiary/aromatic N) is 2. The van der Waals surface area contributed by atoms with Crippen molar-refractivity contribution in [1.29, 1.82) is 0 Å². The van der Waals surface area contributed by atoms with Gasteiger partial charge in [-0.15, -0.1) is 10.2 Å². The van der Waals surface area contributed by atoms with E-state index in [1.165, 1.54) is 11.1 Å². The monoisotopic (exact) mass is 414 g/mol. The molecule has 0 bridgehead atoms. The maximum absolute atomic E-state index is 6.01. The minimum atomic E-state index is 0.0241. The molecule has 0 atom stereocenters. The first-order chi connectivity index (χ1) is 14.6. The van der Waals surface area contributed by atoms with E-state index in [9.17, 15) is 0 Å². The molecular weight excluding hydrogens is 384 g/mol. The third-order valence-corrected chi connectivity index (χ3v) is 5.48. The second-order valence-electron chi connectivity index (χ2n) is 10.1. The molecule has 0 saturated heterocycles. The molecule has 1 heterocycles. The van der Waals surface area contributed by atoms with Gasteiger partial charge in [0.25, 0.3) is 5.89 Å². The second kappa shape index (κ2) is 7.84. The molecule has 4 aromatic rings. The summed E-state index contributed by atoms with van der Waals surface area (Å²) < 4.78 is 12.0. The Balaban J connectivity index is 1.61. The van der Waals surface area contributed by atoms with Gasteiger partial charge in [0.15, 0.2) is 6.61 Å². The lowest BCUT2D eigenvalue weighted by Crippen LogP contribution is -2.16. The lowest BCUT2D eigenvalue weighted by atomic mass is 9.79. The molecule has 0 saturated carbocycles. The van der Waals surface area contributed by atoms with Crippen LogP contribution in [0.15, 0.2) is 65.1 Å². The molecule has 4 rings (SSSR count). The van der Waals surface area contributed by atoms with E-state index < -0.39 is 0 Å². The van der Waals surface area contributed by atoms with Crippen molar-refractivity contribution in [2.75, 3.05) is 0 Å². The van der Waals surface area contributed by atoms with Crippen molar-refractivity contribution in [3.8, 4) is 17.2 Å². The molecule has 0 radical (unpaired) electrons. The molecule has 3 aromatic carbocycles. The Morgan fingerprint density at radius 2 is 1.42 bits per heavy atom. The van der Waals surface area contributed by atoms with E-state index in [4.69, 9.17) is 9.15 Å². The molecule has 4 heteroatoms. The first-order valence-corrected chi connectivity index (χ1v) is 10.7. The maximum Gasteiger partial charge on any atom is 0.254 e. The van der Waals surface area contributed by atoms with Crippen LogP contribution in [-0.2, 0) is 17.4 Å². The number of ether oxygens (including phenoxy) is 1. The predicted octanol–water partition coefficient (Wildman–Crippen LogP) is 7.06. The summed E-state index contributed by atoms with van der Waals surface area (Å²) in [5.74, 6) is 1.79. The topological polar surface area (TPSA) is 48.2 Å². The van der Waals surface area contributed by atoms with Gasteiger partial charge in [-0.05, 0) is 45.5 Å². The summed E-state index contributed by atoms with van der Waals surface area (Å²) in [6, 6.07) is 20.8. The molecule has 0 unspecified atom stereocenters. The highest BCUT2D eigenvalue weighted by atomic mass is 16.5. The molecule has 160 valence electrons. The minimum absolute atomic E-state index is 0.0241. The molecule has 0 spiro atoms. The SMILES string of the molecule is CC(C)(C)c1cc(-c2nnc(COc3cccc4ccccc34)o2)cc(C(C)(C)C)c1. The highest BCUT2D eigenvalue weighted by Gasteiger charge is 2.22. The maximum atomic E-state index is 6.01. The summed E-state index contributed by atoms with van der Waals surface area (Å²) in [6.07, 6.45) is 0. The molecule has 0 amide bonds. The number of aromatic nitrogens is 2. The molecule has 0 fully saturated rings. The molecule has 0 N–H and O–H groups in total. The van der Waals surface area contributed by atoms with Gasteiger partial charge in [-0.3, -0.25) is 0 Å². The number of fused-ring (bicyclic) bond motifs is 1. The number of benzene rings is 3. The highest BCUT2D eigenvalue weighted by Crippen LogP contribution is 2.33. The van der Waals surface area contributed by atoms with Crippen LogP contribution in [0.5, 0.6) is 5.75 Å². The summed E-state index contributed by atoms with van der Waals surface area (Å²) in [7, 11) is 0. The van der Waals surface area contributed by atoms with Gasteiger partial charge in [-0.1, -0.05) is 84.0 Å². The fraction of sp³-hybridized carbons (Fsp3) is 0.333. The van der Waals surface area contributed by atoms with Crippen LogP contribution in [-0.4, -0.2) is 10.2 Å². The van der Waals surface area contributed by atoms with Crippen LogP contribution >= 0.6 is 0 Å². The zero-order valence-electron chi connectivity index (χ0n) is 19.2. The number of hydrogen-bond acceptors (Lipinski definition) is 4. The van der Waals surface area contributed by atoms with Crippen molar-refractivity contribution >= 4 is 10.8 Å². The summed E-state index contributed by atoms with van der Waals surface area (Å²) in [4.78, 5) is 0. The number of rotatable bonds is 4. The van der Waals surface area contributed by atoms with Crippen LogP contribution in [0.4, 0.5) is 0 Å². The molecule has 0 aliphatic heterocycles. The van der Waals surface area contributed by atoms with Crippen molar-refractivity contribution in [1.82, 2.24) is 10.2 Å². The van der Waals surface area contributed by atoms with E-state index in [2.05, 4.69) is 88.1 Å². The van der Waals surface area contributed by atoms with Gasteiger partial charge in [-0.2, -0.15) is 0 Å². The smallest absolute Gasteiger partial charge is 0.254 e. The predicted molar refractivity (Wildman–Crippen MR) is 125 cm³/mol. The lowest BCUT2D eigenvalue weighted by molar-refractivity contribution is 0.267. The fourth-order valence-electron chi connectivity index (χ4n) is 3.51. The molecular formula is C27H30N2O2. The fourth-order valence-corrected chi connectivity index (χ4v) is 3.51. The molecule has 1 aromatic heterocycles. The third-order valence-electron chi connectivity index (χ3n) is 5.48. The Kier molecular flexibility index (Phi) is 5.34. The molecule has 0 aliphatic carbocycles. The summed E-state index contributed by atoms with van der Waals surface area (Å²) in [6.45, 7) is 13.5. The Bertz CT molecular complexity index is 1170. The number of hydrogen-bond donors (Lipinski definition) is 0. The quantitative estimate of drug-likeness (QED) is 0.358. The van der Waals surface area contributed by atoms with Crippen molar-refractivity contribution in [2.24, 2.45) is 0 Å². The van der Waals surface area contributed by atoms with Crippen LogP contribution in [0.3, 0.4) is 0 Å². The Morgan fingerprint density at radius 1 is 0.774 bits per heavy atom. The standard InChI is InChI=1S/C27H30N2O2/c1-26(2,3)20-14-19(15-21(16-20)27(4,5)6)25-29-28-24(31-25)17-30-23-13-9-11-18-10-7-8-12-22(18)23/h7-16H,17H2,1-6H3. The normalized spacial score (nSPS) is 12.3. The van der Waals surface area contributed by atoms with Crippen LogP contribution in [0, 0.1) is 0 Å². The van der Waals surface area contributed by atoms with Crippen LogP contribution in [0.1, 0.15) is 58.6 Å². The van der Waals surface area contributed by atoms with Crippen LogP contribution in [0.25, 0.3) is 22.2 Å². The van der Waals surface area contributed by atoms with Gasteiger partial charge >= 0.3 is 0 Å². The van der Waals surface area contributed by atoms with Gasteiger partial charge in [0, 0.05) is 10.9 Å². The average Bonchev–Trinajstić information content (AvgIpc) is 3.20. The molecule has 31 heavy (non-hydrogen) atoms. The molecule has 0 aliphatic rings. The summed E-state index contributed by atoms with van der Waals surface area (Å²) in [5, 5.41) is 10.7. The first kappa shape index (κ1) is 21.1. The highest BCUT2D eigenvalue weighted by molar-refractivity contribution is 5.88. The average molecular weight is 415 g/mol. The summed E-state index contributed by atoms with van der Waals surface area (Å²) in [5.41, 5.74) is 3.50. The van der Waals surface area contributed by atoms with Crippen molar-refractivity contribution in [2.45, 2.75) is 59.0 Å². The lowest BCUT2D eigenvalue weighted by Gasteiger charge is -2.25. The largest absolute Gasteiger partial charge is 0.483 e. The van der Waals surface area contributed by atoms with E-state index in [1.54, 1.807) is 0 Å². The Morgan fingerprint density at radius 3 is 2.10 bits per heavy atom. The van der Waals surface area contributed by atoms with Crippen LogP contribution < -0.4 is 4.74 Å².